The quantitative estimate of drug-likeness (QED) is 0.645. The average Bonchev–Trinajstić information content (AvgIpc) is 3.16. The van der Waals surface area contributed by atoms with Crippen molar-refractivity contribution in [3.05, 3.63) is 36.0 Å². The topological polar surface area (TPSA) is 78.7 Å². The molecule has 0 saturated carbocycles. The van der Waals surface area contributed by atoms with Gasteiger partial charge in [-0.25, -0.2) is 14.7 Å². The van der Waals surface area contributed by atoms with Crippen LogP contribution in [0.15, 0.2) is 30.5 Å². The predicted octanol–water partition coefficient (Wildman–Crippen LogP) is 3.08. The number of rotatable bonds is 4. The van der Waals surface area contributed by atoms with E-state index in [9.17, 15) is 4.79 Å². The van der Waals surface area contributed by atoms with E-state index in [-0.39, 0.29) is 11.9 Å². The van der Waals surface area contributed by atoms with Gasteiger partial charge in [0, 0.05) is 18.7 Å². The second-order valence-electron chi connectivity index (χ2n) is 6.82. The van der Waals surface area contributed by atoms with Crippen LogP contribution in [-0.4, -0.2) is 53.1 Å². The van der Waals surface area contributed by atoms with Crippen molar-refractivity contribution >= 4 is 16.9 Å². The Kier molecular flexibility index (Phi) is 4.64. The summed E-state index contributed by atoms with van der Waals surface area (Å²) in [5, 5.41) is 6.30. The number of amides is 1. The van der Waals surface area contributed by atoms with Crippen LogP contribution in [0.25, 0.3) is 22.3 Å². The van der Waals surface area contributed by atoms with Gasteiger partial charge in [0.15, 0.2) is 17.1 Å². The SMILES string of the molecule is CON(C)C(=O)c1cc(-c2ccc3c(c2)OCCO3)nc2c1cnn2C(C)C. The number of carbonyl (C=O) groups excluding carboxylic acids is 1. The van der Waals surface area contributed by atoms with E-state index >= 15 is 0 Å². The molecule has 0 aliphatic carbocycles. The fraction of sp³-hybridized carbons (Fsp3) is 0.350. The lowest BCUT2D eigenvalue weighted by molar-refractivity contribution is -0.0755. The molecule has 0 radical (unpaired) electrons. The zero-order valence-corrected chi connectivity index (χ0v) is 16.3. The Bertz CT molecular complexity index is 1040. The van der Waals surface area contributed by atoms with E-state index in [1.807, 2.05) is 32.0 Å². The van der Waals surface area contributed by atoms with E-state index in [4.69, 9.17) is 19.3 Å². The molecule has 1 aromatic carbocycles. The van der Waals surface area contributed by atoms with E-state index in [2.05, 4.69) is 5.10 Å². The molecule has 1 amide bonds. The van der Waals surface area contributed by atoms with Gasteiger partial charge in [0.05, 0.1) is 30.0 Å². The van der Waals surface area contributed by atoms with Crippen molar-refractivity contribution in [1.82, 2.24) is 19.8 Å². The Hall–Kier alpha value is -3.13. The molecule has 0 N–H and O–H groups in total. The van der Waals surface area contributed by atoms with Gasteiger partial charge in [-0.3, -0.25) is 9.63 Å². The normalized spacial score (nSPS) is 13.2. The van der Waals surface area contributed by atoms with Crippen LogP contribution in [0, 0.1) is 0 Å². The second kappa shape index (κ2) is 7.12. The first-order valence-electron chi connectivity index (χ1n) is 9.10. The van der Waals surface area contributed by atoms with Crippen LogP contribution in [0.3, 0.4) is 0 Å². The Morgan fingerprint density at radius 3 is 2.68 bits per heavy atom. The van der Waals surface area contributed by atoms with Crippen molar-refractivity contribution in [1.29, 1.82) is 0 Å². The summed E-state index contributed by atoms with van der Waals surface area (Å²) in [6.07, 6.45) is 1.67. The molecule has 3 aromatic rings. The van der Waals surface area contributed by atoms with E-state index in [1.54, 1.807) is 24.0 Å². The summed E-state index contributed by atoms with van der Waals surface area (Å²) >= 11 is 0. The molecule has 0 saturated heterocycles. The molecular weight excluding hydrogens is 360 g/mol. The highest BCUT2D eigenvalue weighted by Gasteiger charge is 2.22. The minimum atomic E-state index is -0.267. The molecule has 8 heteroatoms. The Balaban J connectivity index is 1.91. The van der Waals surface area contributed by atoms with E-state index in [0.717, 1.165) is 5.56 Å². The zero-order valence-electron chi connectivity index (χ0n) is 16.3. The molecule has 8 nitrogen and oxygen atoms in total. The zero-order chi connectivity index (χ0) is 19.8. The number of hydrogen-bond acceptors (Lipinski definition) is 6. The van der Waals surface area contributed by atoms with Crippen LogP contribution in [-0.2, 0) is 4.84 Å². The van der Waals surface area contributed by atoms with Gasteiger partial charge in [0.1, 0.15) is 13.2 Å². The molecule has 0 atom stereocenters. The maximum absolute atomic E-state index is 12.9. The summed E-state index contributed by atoms with van der Waals surface area (Å²) < 4.78 is 13.1. The summed E-state index contributed by atoms with van der Waals surface area (Å²) in [6, 6.07) is 7.51. The lowest BCUT2D eigenvalue weighted by atomic mass is 10.1. The van der Waals surface area contributed by atoms with Crippen LogP contribution in [0.2, 0.25) is 0 Å². The van der Waals surface area contributed by atoms with Gasteiger partial charge in [-0.15, -0.1) is 0 Å². The van der Waals surface area contributed by atoms with Crippen LogP contribution < -0.4 is 9.47 Å². The number of pyridine rings is 1. The van der Waals surface area contributed by atoms with Crippen molar-refractivity contribution in [3.8, 4) is 22.8 Å². The predicted molar refractivity (Wildman–Crippen MR) is 103 cm³/mol. The molecule has 0 fully saturated rings. The van der Waals surface area contributed by atoms with Gasteiger partial charge in [-0.05, 0) is 38.1 Å². The van der Waals surface area contributed by atoms with Crippen molar-refractivity contribution in [2.24, 2.45) is 0 Å². The summed E-state index contributed by atoms with van der Waals surface area (Å²) in [7, 11) is 3.03. The molecule has 0 spiro atoms. The number of hydroxylamine groups is 2. The highest BCUT2D eigenvalue weighted by Crippen LogP contribution is 2.35. The number of carbonyl (C=O) groups is 1. The van der Waals surface area contributed by atoms with Gasteiger partial charge in [-0.2, -0.15) is 5.10 Å². The first-order valence-corrected chi connectivity index (χ1v) is 9.10. The molecule has 2 aromatic heterocycles. The third kappa shape index (κ3) is 3.05. The third-order valence-corrected chi connectivity index (χ3v) is 4.68. The first-order chi connectivity index (χ1) is 13.5. The largest absolute Gasteiger partial charge is 0.486 e. The molecule has 4 rings (SSSR count). The summed E-state index contributed by atoms with van der Waals surface area (Å²) in [5.74, 6) is 1.11. The van der Waals surface area contributed by atoms with Crippen LogP contribution >= 0.6 is 0 Å². The number of benzene rings is 1. The maximum Gasteiger partial charge on any atom is 0.278 e. The highest BCUT2D eigenvalue weighted by atomic mass is 16.7. The second-order valence-corrected chi connectivity index (χ2v) is 6.82. The van der Waals surface area contributed by atoms with Crippen molar-refractivity contribution in [2.45, 2.75) is 19.9 Å². The van der Waals surface area contributed by atoms with Crippen LogP contribution in [0.1, 0.15) is 30.2 Å². The third-order valence-electron chi connectivity index (χ3n) is 4.68. The fourth-order valence-electron chi connectivity index (χ4n) is 3.18. The Morgan fingerprint density at radius 1 is 1.21 bits per heavy atom. The molecule has 28 heavy (non-hydrogen) atoms. The first kappa shape index (κ1) is 18.2. The van der Waals surface area contributed by atoms with E-state index < -0.39 is 0 Å². The lowest BCUT2D eigenvalue weighted by Crippen LogP contribution is -2.25. The van der Waals surface area contributed by atoms with Gasteiger partial charge < -0.3 is 9.47 Å². The number of fused-ring (bicyclic) bond motifs is 2. The summed E-state index contributed by atoms with van der Waals surface area (Å²) in [4.78, 5) is 22.8. The molecule has 3 heterocycles. The minimum Gasteiger partial charge on any atom is -0.486 e. The summed E-state index contributed by atoms with van der Waals surface area (Å²) in [5.41, 5.74) is 2.61. The van der Waals surface area contributed by atoms with Gasteiger partial charge >= 0.3 is 0 Å². The lowest BCUT2D eigenvalue weighted by Gasteiger charge is -2.19. The molecule has 0 bridgehead atoms. The van der Waals surface area contributed by atoms with Crippen molar-refractivity contribution < 1.29 is 19.1 Å². The molecule has 146 valence electrons. The molecule has 1 aliphatic heterocycles. The fourth-order valence-corrected chi connectivity index (χ4v) is 3.18. The molecule has 1 aliphatic rings. The Labute approximate surface area is 162 Å². The average molecular weight is 382 g/mol. The van der Waals surface area contributed by atoms with E-state index in [0.29, 0.717) is 47.0 Å². The number of ether oxygens (including phenoxy) is 2. The molecular formula is C20H22N4O4. The molecule has 0 unspecified atom stereocenters. The van der Waals surface area contributed by atoms with Gasteiger partial charge in [-0.1, -0.05) is 0 Å². The van der Waals surface area contributed by atoms with Crippen molar-refractivity contribution in [2.75, 3.05) is 27.4 Å². The Morgan fingerprint density at radius 2 is 1.96 bits per heavy atom. The minimum absolute atomic E-state index is 0.101. The van der Waals surface area contributed by atoms with Gasteiger partial charge in [0.2, 0.25) is 0 Å². The van der Waals surface area contributed by atoms with Crippen LogP contribution in [0.5, 0.6) is 11.5 Å². The van der Waals surface area contributed by atoms with Crippen LogP contribution in [0.4, 0.5) is 0 Å². The van der Waals surface area contributed by atoms with E-state index in [1.165, 1.54) is 12.2 Å². The highest BCUT2D eigenvalue weighted by molar-refractivity contribution is 6.06. The monoisotopic (exact) mass is 382 g/mol. The smallest absolute Gasteiger partial charge is 0.278 e. The summed E-state index contributed by atoms with van der Waals surface area (Å²) in [6.45, 7) is 5.08. The number of nitrogens with zero attached hydrogens (tertiary/aromatic N) is 4. The number of hydrogen-bond donors (Lipinski definition) is 0. The number of aromatic nitrogens is 3. The van der Waals surface area contributed by atoms with Crippen molar-refractivity contribution in [3.63, 3.8) is 0 Å². The maximum atomic E-state index is 12.9. The van der Waals surface area contributed by atoms with Gasteiger partial charge in [0.25, 0.3) is 5.91 Å². The standard InChI is InChI=1S/C20H22N4O4/c1-12(2)24-19-15(11-21-24)14(20(25)23(3)26-4)10-16(22-19)13-5-6-17-18(9-13)28-8-7-27-17/h5-6,9-12H,7-8H2,1-4H3.